The fourth-order valence-corrected chi connectivity index (χ4v) is 2.26. The average Bonchev–Trinajstić information content (AvgIpc) is 3.14. The molecule has 1 aliphatic carbocycles. The van der Waals surface area contributed by atoms with Crippen LogP contribution in [0.15, 0.2) is 24.3 Å². The lowest BCUT2D eigenvalue weighted by atomic mass is 10.1. The number of nitrogens with zero attached hydrogens (tertiary/aromatic N) is 1. The van der Waals surface area contributed by atoms with Crippen molar-refractivity contribution in [1.82, 2.24) is 4.98 Å². The van der Waals surface area contributed by atoms with Gasteiger partial charge < -0.3 is 5.32 Å². The van der Waals surface area contributed by atoms with Gasteiger partial charge >= 0.3 is 0 Å². The summed E-state index contributed by atoms with van der Waals surface area (Å²) in [6, 6.07) is 8.00. The lowest BCUT2D eigenvalue weighted by Gasteiger charge is -2.10. The van der Waals surface area contributed by atoms with E-state index in [9.17, 15) is 4.79 Å². The van der Waals surface area contributed by atoms with Gasteiger partial charge in [0.15, 0.2) is 0 Å². The maximum Gasteiger partial charge on any atom is 0.227 e. The molecule has 0 unspecified atom stereocenters. The van der Waals surface area contributed by atoms with Gasteiger partial charge in [-0.2, -0.15) is 0 Å². The highest BCUT2D eigenvalue weighted by atomic mass is 16.2. The molecular formula is C15H16N2O. The number of anilines is 1. The van der Waals surface area contributed by atoms with Crippen LogP contribution in [0.1, 0.15) is 24.1 Å². The van der Waals surface area contributed by atoms with Gasteiger partial charge in [-0.05, 0) is 44.4 Å². The molecule has 2 aromatic rings. The Balaban J connectivity index is 2.07. The summed E-state index contributed by atoms with van der Waals surface area (Å²) in [6.45, 7) is 4.05. The number of aryl methyl sites for hydroxylation is 2. The minimum absolute atomic E-state index is 0.128. The zero-order valence-electron chi connectivity index (χ0n) is 10.7. The molecule has 1 saturated carbocycles. The van der Waals surface area contributed by atoms with Crippen molar-refractivity contribution in [3.8, 4) is 0 Å². The van der Waals surface area contributed by atoms with E-state index in [2.05, 4.69) is 23.3 Å². The molecule has 3 rings (SSSR count). The Morgan fingerprint density at radius 2 is 2.11 bits per heavy atom. The van der Waals surface area contributed by atoms with Gasteiger partial charge in [0, 0.05) is 17.0 Å². The fraction of sp³-hybridized carbons (Fsp3) is 0.333. The largest absolute Gasteiger partial charge is 0.324 e. The molecule has 0 saturated heterocycles. The number of benzene rings is 1. The van der Waals surface area contributed by atoms with E-state index in [4.69, 9.17) is 0 Å². The van der Waals surface area contributed by atoms with Gasteiger partial charge in [0.2, 0.25) is 5.91 Å². The molecule has 92 valence electrons. The molecular weight excluding hydrogens is 224 g/mol. The van der Waals surface area contributed by atoms with E-state index in [1.165, 1.54) is 5.56 Å². The van der Waals surface area contributed by atoms with Crippen molar-refractivity contribution in [2.24, 2.45) is 5.92 Å². The van der Waals surface area contributed by atoms with Crippen LogP contribution in [0.2, 0.25) is 0 Å². The third-order valence-corrected chi connectivity index (χ3v) is 3.38. The number of pyridine rings is 1. The van der Waals surface area contributed by atoms with Crippen LogP contribution in [0.4, 0.5) is 5.69 Å². The monoisotopic (exact) mass is 240 g/mol. The summed E-state index contributed by atoms with van der Waals surface area (Å²) in [4.78, 5) is 16.4. The molecule has 0 bridgehead atoms. The van der Waals surface area contributed by atoms with Crippen molar-refractivity contribution in [3.05, 3.63) is 35.5 Å². The number of hydrogen-bond donors (Lipinski definition) is 1. The zero-order valence-corrected chi connectivity index (χ0v) is 10.7. The van der Waals surface area contributed by atoms with Crippen LogP contribution in [0.3, 0.4) is 0 Å². The summed E-state index contributed by atoms with van der Waals surface area (Å²) < 4.78 is 0. The van der Waals surface area contributed by atoms with Crippen LogP contribution < -0.4 is 5.32 Å². The lowest BCUT2D eigenvalue weighted by Crippen LogP contribution is -2.13. The topological polar surface area (TPSA) is 42.0 Å². The number of rotatable bonds is 2. The molecule has 3 heteroatoms. The van der Waals surface area contributed by atoms with Crippen molar-refractivity contribution in [2.45, 2.75) is 26.7 Å². The molecule has 1 amide bonds. The summed E-state index contributed by atoms with van der Waals surface area (Å²) in [6.07, 6.45) is 2.03. The van der Waals surface area contributed by atoms with Gasteiger partial charge in [0.05, 0.1) is 11.2 Å². The number of carbonyl (C=O) groups is 1. The quantitative estimate of drug-likeness (QED) is 0.875. The Bertz CT molecular complexity index is 630. The van der Waals surface area contributed by atoms with E-state index in [0.717, 1.165) is 35.1 Å². The smallest absolute Gasteiger partial charge is 0.227 e. The average molecular weight is 240 g/mol. The van der Waals surface area contributed by atoms with Crippen LogP contribution >= 0.6 is 0 Å². The Morgan fingerprint density at radius 3 is 2.83 bits per heavy atom. The third-order valence-electron chi connectivity index (χ3n) is 3.38. The Morgan fingerprint density at radius 1 is 1.33 bits per heavy atom. The predicted octanol–water partition coefficient (Wildman–Crippen LogP) is 3.20. The molecule has 0 spiro atoms. The number of fused-ring (bicyclic) bond motifs is 1. The molecule has 0 atom stereocenters. The third kappa shape index (κ3) is 1.96. The first kappa shape index (κ1) is 11.2. The van der Waals surface area contributed by atoms with Crippen molar-refractivity contribution in [1.29, 1.82) is 0 Å². The Labute approximate surface area is 106 Å². The van der Waals surface area contributed by atoms with Gasteiger partial charge in [-0.15, -0.1) is 0 Å². The van der Waals surface area contributed by atoms with E-state index in [0.29, 0.717) is 0 Å². The molecule has 1 N–H and O–H groups in total. The van der Waals surface area contributed by atoms with E-state index >= 15 is 0 Å². The SMILES string of the molecule is Cc1cc(C)c2cccc(NC(=O)C3CC3)c2n1. The molecule has 1 aliphatic rings. The number of hydrogen-bond acceptors (Lipinski definition) is 2. The van der Waals surface area contributed by atoms with Crippen LogP contribution in [0, 0.1) is 19.8 Å². The molecule has 3 nitrogen and oxygen atoms in total. The van der Waals surface area contributed by atoms with Gasteiger partial charge in [-0.1, -0.05) is 12.1 Å². The molecule has 1 heterocycles. The van der Waals surface area contributed by atoms with Crippen molar-refractivity contribution < 1.29 is 4.79 Å². The van der Waals surface area contributed by atoms with E-state index in [1.54, 1.807) is 0 Å². The van der Waals surface area contributed by atoms with E-state index in [1.807, 2.05) is 25.1 Å². The molecule has 0 aliphatic heterocycles. The van der Waals surface area contributed by atoms with Crippen LogP contribution in [0.5, 0.6) is 0 Å². The maximum atomic E-state index is 11.8. The van der Waals surface area contributed by atoms with Crippen molar-refractivity contribution >= 4 is 22.5 Å². The molecule has 18 heavy (non-hydrogen) atoms. The van der Waals surface area contributed by atoms with Gasteiger partial charge in [-0.25, -0.2) is 0 Å². The minimum Gasteiger partial charge on any atom is -0.324 e. The number of para-hydroxylation sites is 1. The van der Waals surface area contributed by atoms with E-state index < -0.39 is 0 Å². The normalized spacial score (nSPS) is 14.8. The minimum atomic E-state index is 0.128. The lowest BCUT2D eigenvalue weighted by molar-refractivity contribution is -0.117. The second kappa shape index (κ2) is 4.09. The first-order chi connectivity index (χ1) is 8.65. The van der Waals surface area contributed by atoms with Crippen molar-refractivity contribution in [2.75, 3.05) is 5.32 Å². The van der Waals surface area contributed by atoms with Crippen LogP contribution in [0.25, 0.3) is 10.9 Å². The standard InChI is InChI=1S/C15H16N2O/c1-9-8-10(2)16-14-12(9)4-3-5-13(14)17-15(18)11-6-7-11/h3-5,8,11H,6-7H2,1-2H3,(H,17,18). The predicted molar refractivity (Wildman–Crippen MR) is 72.6 cm³/mol. The summed E-state index contributed by atoms with van der Waals surface area (Å²) in [5, 5.41) is 4.11. The van der Waals surface area contributed by atoms with Crippen LogP contribution in [-0.2, 0) is 4.79 Å². The summed E-state index contributed by atoms with van der Waals surface area (Å²) in [7, 11) is 0. The molecule has 1 fully saturated rings. The zero-order chi connectivity index (χ0) is 12.7. The van der Waals surface area contributed by atoms with Crippen LogP contribution in [-0.4, -0.2) is 10.9 Å². The highest BCUT2D eigenvalue weighted by molar-refractivity contribution is 6.02. The Kier molecular flexibility index (Phi) is 2.54. The number of amides is 1. The first-order valence-electron chi connectivity index (χ1n) is 6.33. The van der Waals surface area contributed by atoms with Gasteiger partial charge in [0.1, 0.15) is 0 Å². The number of nitrogens with one attached hydrogen (secondary N) is 1. The number of carbonyl (C=O) groups excluding carboxylic acids is 1. The molecule has 1 aromatic carbocycles. The molecule has 1 aromatic heterocycles. The van der Waals surface area contributed by atoms with E-state index in [-0.39, 0.29) is 11.8 Å². The summed E-state index contributed by atoms with van der Waals surface area (Å²) in [5.74, 6) is 0.342. The second-order valence-corrected chi connectivity index (χ2v) is 5.05. The van der Waals surface area contributed by atoms with Gasteiger partial charge in [0.25, 0.3) is 0 Å². The summed E-state index contributed by atoms with van der Waals surface area (Å²) in [5.41, 5.74) is 3.90. The molecule has 0 radical (unpaired) electrons. The highest BCUT2D eigenvalue weighted by Crippen LogP contribution is 2.31. The maximum absolute atomic E-state index is 11.8. The Hall–Kier alpha value is -1.90. The van der Waals surface area contributed by atoms with Crippen molar-refractivity contribution in [3.63, 3.8) is 0 Å². The fourth-order valence-electron chi connectivity index (χ4n) is 2.26. The highest BCUT2D eigenvalue weighted by Gasteiger charge is 2.29. The number of aromatic nitrogens is 1. The second-order valence-electron chi connectivity index (χ2n) is 5.05. The summed E-state index contributed by atoms with van der Waals surface area (Å²) >= 11 is 0. The van der Waals surface area contributed by atoms with Gasteiger partial charge in [-0.3, -0.25) is 9.78 Å². The first-order valence-corrected chi connectivity index (χ1v) is 6.33.